The van der Waals surface area contributed by atoms with Crippen molar-refractivity contribution in [3.63, 3.8) is 0 Å². The highest BCUT2D eigenvalue weighted by atomic mass is 79.9. The molecule has 22 heavy (non-hydrogen) atoms. The maximum atomic E-state index is 11.8. The molecule has 0 aromatic heterocycles. The van der Waals surface area contributed by atoms with Crippen LogP contribution in [0.2, 0.25) is 0 Å². The van der Waals surface area contributed by atoms with Crippen molar-refractivity contribution < 1.29 is 14.3 Å². The lowest BCUT2D eigenvalue weighted by molar-refractivity contribution is -0.138. The first-order chi connectivity index (χ1) is 10.5. The van der Waals surface area contributed by atoms with Gasteiger partial charge in [0, 0.05) is 35.9 Å². The summed E-state index contributed by atoms with van der Waals surface area (Å²) in [7, 11) is 1.75. The number of ether oxygens (including phenoxy) is 2. The second kappa shape index (κ2) is 7.79. The van der Waals surface area contributed by atoms with E-state index in [1.165, 1.54) is 0 Å². The molecule has 1 fully saturated rings. The number of rotatable bonds is 5. The largest absolute Gasteiger partial charge is 0.463 e. The molecular weight excluding hydrogens is 346 g/mol. The predicted molar refractivity (Wildman–Crippen MR) is 92.1 cm³/mol. The van der Waals surface area contributed by atoms with Crippen LogP contribution in [0.3, 0.4) is 0 Å². The second-order valence-corrected chi connectivity index (χ2v) is 6.26. The molecule has 0 aliphatic carbocycles. The summed E-state index contributed by atoms with van der Waals surface area (Å²) in [5.41, 5.74) is 2.73. The van der Waals surface area contributed by atoms with E-state index < -0.39 is 0 Å². The molecule has 1 heterocycles. The second-order valence-electron chi connectivity index (χ2n) is 5.34. The standard InChI is InChI=1S/C17H22BrNO3/c1-4-22-17(20)12(2)9-13-10-14(18)5-6-16(13)19-8-7-15(11-19)21-3/h5-6,9-10,15H,4,7-8,11H2,1-3H3. The monoisotopic (exact) mass is 367 g/mol. The van der Waals surface area contributed by atoms with Gasteiger partial charge < -0.3 is 14.4 Å². The minimum atomic E-state index is -0.274. The number of carbonyl (C=O) groups excluding carboxylic acids is 1. The zero-order valence-electron chi connectivity index (χ0n) is 13.3. The van der Waals surface area contributed by atoms with Crippen LogP contribution in [0.25, 0.3) is 6.08 Å². The van der Waals surface area contributed by atoms with Gasteiger partial charge in [0.2, 0.25) is 0 Å². The molecule has 0 spiro atoms. The molecule has 0 bridgehead atoms. The first-order valence-corrected chi connectivity index (χ1v) is 8.27. The Morgan fingerprint density at radius 2 is 2.27 bits per heavy atom. The summed E-state index contributed by atoms with van der Waals surface area (Å²) in [5, 5.41) is 0. The Bertz CT molecular complexity index is 571. The molecule has 4 nitrogen and oxygen atoms in total. The highest BCUT2D eigenvalue weighted by Gasteiger charge is 2.23. The Morgan fingerprint density at radius 1 is 1.50 bits per heavy atom. The van der Waals surface area contributed by atoms with E-state index in [0.29, 0.717) is 12.2 Å². The summed E-state index contributed by atoms with van der Waals surface area (Å²) >= 11 is 3.50. The third-order valence-corrected chi connectivity index (χ3v) is 4.27. The van der Waals surface area contributed by atoms with Gasteiger partial charge in [-0.1, -0.05) is 15.9 Å². The summed E-state index contributed by atoms with van der Waals surface area (Å²) in [6.45, 7) is 5.81. The van der Waals surface area contributed by atoms with Gasteiger partial charge in [0.05, 0.1) is 12.7 Å². The first kappa shape index (κ1) is 17.0. The number of hydrogen-bond acceptors (Lipinski definition) is 4. The van der Waals surface area contributed by atoms with Crippen molar-refractivity contribution in [2.45, 2.75) is 26.4 Å². The van der Waals surface area contributed by atoms with Crippen molar-refractivity contribution in [1.82, 2.24) is 0 Å². The molecule has 1 aromatic carbocycles. The molecule has 2 rings (SSSR count). The summed E-state index contributed by atoms with van der Waals surface area (Å²) in [5.74, 6) is -0.274. The van der Waals surface area contributed by atoms with Crippen molar-refractivity contribution in [3.8, 4) is 0 Å². The smallest absolute Gasteiger partial charge is 0.333 e. The zero-order valence-corrected chi connectivity index (χ0v) is 14.9. The summed E-state index contributed by atoms with van der Waals surface area (Å²) in [6.07, 6.45) is 3.18. The van der Waals surface area contributed by atoms with Crippen molar-refractivity contribution in [2.75, 3.05) is 31.7 Å². The number of esters is 1. The van der Waals surface area contributed by atoms with Crippen LogP contribution in [0.15, 0.2) is 28.2 Å². The van der Waals surface area contributed by atoms with Gasteiger partial charge in [0.25, 0.3) is 0 Å². The number of nitrogens with zero attached hydrogens (tertiary/aromatic N) is 1. The van der Waals surface area contributed by atoms with Crippen molar-refractivity contribution in [1.29, 1.82) is 0 Å². The molecule has 0 saturated carbocycles. The van der Waals surface area contributed by atoms with Crippen LogP contribution < -0.4 is 4.90 Å². The Hall–Kier alpha value is -1.33. The van der Waals surface area contributed by atoms with Crippen LogP contribution >= 0.6 is 15.9 Å². The lowest BCUT2D eigenvalue weighted by Gasteiger charge is -2.21. The fourth-order valence-electron chi connectivity index (χ4n) is 2.61. The minimum Gasteiger partial charge on any atom is -0.463 e. The molecule has 0 N–H and O–H groups in total. The molecule has 0 radical (unpaired) electrons. The Labute approximate surface area is 140 Å². The van der Waals surface area contributed by atoms with Crippen LogP contribution in [0, 0.1) is 0 Å². The number of hydrogen-bond donors (Lipinski definition) is 0. The molecule has 1 aliphatic heterocycles. The summed E-state index contributed by atoms with van der Waals surface area (Å²) < 4.78 is 11.5. The van der Waals surface area contributed by atoms with Gasteiger partial charge >= 0.3 is 5.97 Å². The zero-order chi connectivity index (χ0) is 16.1. The molecule has 5 heteroatoms. The lowest BCUT2D eigenvalue weighted by atomic mass is 10.1. The van der Waals surface area contributed by atoms with E-state index in [0.717, 1.165) is 35.2 Å². The van der Waals surface area contributed by atoms with Crippen molar-refractivity contribution in [2.24, 2.45) is 0 Å². The van der Waals surface area contributed by atoms with Gasteiger partial charge in [-0.25, -0.2) is 4.79 Å². The quantitative estimate of drug-likeness (QED) is 0.588. The Morgan fingerprint density at radius 3 is 2.91 bits per heavy atom. The first-order valence-electron chi connectivity index (χ1n) is 7.47. The van der Waals surface area contributed by atoms with Gasteiger partial charge in [-0.3, -0.25) is 0 Å². The predicted octanol–water partition coefficient (Wildman–Crippen LogP) is 3.64. The number of halogens is 1. The van der Waals surface area contributed by atoms with E-state index in [9.17, 15) is 4.79 Å². The fraction of sp³-hybridized carbons (Fsp3) is 0.471. The number of benzene rings is 1. The number of carbonyl (C=O) groups is 1. The van der Waals surface area contributed by atoms with E-state index >= 15 is 0 Å². The summed E-state index contributed by atoms with van der Waals surface area (Å²) in [4.78, 5) is 14.1. The van der Waals surface area contributed by atoms with Gasteiger partial charge in [0.1, 0.15) is 0 Å². The van der Waals surface area contributed by atoms with E-state index in [2.05, 4.69) is 26.9 Å². The normalized spacial score (nSPS) is 18.6. The average molecular weight is 368 g/mol. The van der Waals surface area contributed by atoms with E-state index in [1.54, 1.807) is 14.0 Å². The molecule has 1 unspecified atom stereocenters. The molecule has 1 atom stereocenters. The number of anilines is 1. The topological polar surface area (TPSA) is 38.8 Å². The SMILES string of the molecule is CCOC(=O)C(C)=Cc1cc(Br)ccc1N1CCC(OC)C1. The Kier molecular flexibility index (Phi) is 6.03. The van der Waals surface area contributed by atoms with Crippen molar-refractivity contribution in [3.05, 3.63) is 33.8 Å². The van der Waals surface area contributed by atoms with Gasteiger partial charge in [-0.15, -0.1) is 0 Å². The molecule has 1 aliphatic rings. The molecule has 1 aromatic rings. The van der Waals surface area contributed by atoms with Gasteiger partial charge in [-0.2, -0.15) is 0 Å². The van der Waals surface area contributed by atoms with E-state index in [-0.39, 0.29) is 12.1 Å². The van der Waals surface area contributed by atoms with E-state index in [4.69, 9.17) is 9.47 Å². The third-order valence-electron chi connectivity index (χ3n) is 3.78. The van der Waals surface area contributed by atoms with Gasteiger partial charge in [-0.05, 0) is 50.1 Å². The molecule has 0 amide bonds. The van der Waals surface area contributed by atoms with Crippen LogP contribution in [0.1, 0.15) is 25.8 Å². The van der Waals surface area contributed by atoms with Crippen LogP contribution in [-0.2, 0) is 14.3 Å². The van der Waals surface area contributed by atoms with Crippen LogP contribution in [-0.4, -0.2) is 38.9 Å². The molecular formula is C17H22BrNO3. The fourth-order valence-corrected chi connectivity index (χ4v) is 2.98. The average Bonchev–Trinajstić information content (AvgIpc) is 2.96. The van der Waals surface area contributed by atoms with Crippen molar-refractivity contribution >= 4 is 33.7 Å². The number of methoxy groups -OCH3 is 1. The highest BCUT2D eigenvalue weighted by molar-refractivity contribution is 9.10. The third kappa shape index (κ3) is 4.11. The van der Waals surface area contributed by atoms with Crippen LogP contribution in [0.4, 0.5) is 5.69 Å². The van der Waals surface area contributed by atoms with Gasteiger partial charge in [0.15, 0.2) is 0 Å². The summed E-state index contributed by atoms with van der Waals surface area (Å²) in [6, 6.07) is 6.12. The molecule has 120 valence electrons. The van der Waals surface area contributed by atoms with Crippen LogP contribution in [0.5, 0.6) is 0 Å². The Balaban J connectivity index is 2.29. The maximum Gasteiger partial charge on any atom is 0.333 e. The van der Waals surface area contributed by atoms with E-state index in [1.807, 2.05) is 25.1 Å². The molecule has 1 saturated heterocycles. The lowest BCUT2D eigenvalue weighted by Crippen LogP contribution is -2.22. The maximum absolute atomic E-state index is 11.8. The minimum absolute atomic E-state index is 0.270. The highest BCUT2D eigenvalue weighted by Crippen LogP contribution is 2.30.